The predicted octanol–water partition coefficient (Wildman–Crippen LogP) is 2.92. The molecular formula is C17H40O4Si3. The zero-order chi connectivity index (χ0) is 18.6. The summed E-state index contributed by atoms with van der Waals surface area (Å²) in [5.41, 5.74) is 0.0423. The fourth-order valence-electron chi connectivity index (χ4n) is 3.46. The second-order valence-corrected chi connectivity index (χ2v) is 16.9. The van der Waals surface area contributed by atoms with Crippen molar-refractivity contribution in [2.45, 2.75) is 108 Å². The largest absolute Gasteiger partial charge is 0.233 e. The molecule has 1 unspecified atom stereocenters. The zero-order valence-electron chi connectivity index (χ0n) is 17.5. The summed E-state index contributed by atoms with van der Waals surface area (Å²) in [6.07, 6.45) is 3.26. The lowest BCUT2D eigenvalue weighted by Gasteiger charge is -2.49. The van der Waals surface area contributed by atoms with Crippen molar-refractivity contribution in [3.05, 3.63) is 0 Å². The van der Waals surface area contributed by atoms with Crippen molar-refractivity contribution < 1.29 is 19.6 Å². The van der Waals surface area contributed by atoms with Crippen molar-refractivity contribution in [1.29, 1.82) is 0 Å². The molecule has 0 aliphatic heterocycles. The number of hydrogen-bond acceptors (Lipinski definition) is 4. The van der Waals surface area contributed by atoms with Crippen LogP contribution in [0.3, 0.4) is 0 Å². The lowest BCUT2D eigenvalue weighted by molar-refractivity contribution is -0.546. The maximum absolute atomic E-state index is 6.04. The summed E-state index contributed by atoms with van der Waals surface area (Å²) < 4.78 is 0.522. The van der Waals surface area contributed by atoms with Crippen molar-refractivity contribution >= 4 is 28.6 Å². The van der Waals surface area contributed by atoms with Crippen molar-refractivity contribution in [2.24, 2.45) is 0 Å². The predicted molar refractivity (Wildman–Crippen MR) is 110 cm³/mol. The zero-order valence-corrected chi connectivity index (χ0v) is 21.7. The Morgan fingerprint density at radius 3 is 1.58 bits per heavy atom. The third kappa shape index (κ3) is 7.01. The highest BCUT2D eigenvalue weighted by Crippen LogP contribution is 2.53. The maximum Gasteiger partial charge on any atom is 0.233 e. The molecule has 0 bridgehead atoms. The van der Waals surface area contributed by atoms with Crippen molar-refractivity contribution in [3.8, 4) is 0 Å². The van der Waals surface area contributed by atoms with Gasteiger partial charge in [-0.25, -0.2) is 9.78 Å². The van der Waals surface area contributed by atoms with E-state index in [2.05, 4.69) is 19.6 Å². The Hall–Kier alpha value is 0.491. The minimum atomic E-state index is -0.738. The SMILES string of the molecule is C[SiH2]C1CC(OOC(C)(C)C)(OOC(C)(C)C)CC([SiH2]C)([SiH2]C)C1. The van der Waals surface area contributed by atoms with Gasteiger partial charge in [-0.1, -0.05) is 26.1 Å². The average molecular weight is 393 g/mol. The van der Waals surface area contributed by atoms with Crippen LogP contribution in [0, 0.1) is 0 Å². The molecule has 144 valence electrons. The summed E-state index contributed by atoms with van der Waals surface area (Å²) >= 11 is 0. The van der Waals surface area contributed by atoms with Gasteiger partial charge in [0.2, 0.25) is 5.79 Å². The molecular weight excluding hydrogens is 352 g/mol. The number of rotatable bonds is 7. The smallest absolute Gasteiger partial charge is 0.228 e. The van der Waals surface area contributed by atoms with Crippen LogP contribution in [0.2, 0.25) is 29.8 Å². The average Bonchev–Trinajstić information content (AvgIpc) is 2.49. The van der Waals surface area contributed by atoms with E-state index in [9.17, 15) is 0 Å². The van der Waals surface area contributed by atoms with Crippen molar-refractivity contribution in [1.82, 2.24) is 0 Å². The van der Waals surface area contributed by atoms with Gasteiger partial charge in [-0.2, -0.15) is 9.78 Å². The van der Waals surface area contributed by atoms with Crippen molar-refractivity contribution in [2.75, 3.05) is 0 Å². The molecule has 0 radical (unpaired) electrons. The molecule has 1 atom stereocenters. The summed E-state index contributed by atoms with van der Waals surface area (Å²) in [7, 11) is -0.393. The summed E-state index contributed by atoms with van der Waals surface area (Å²) in [5.74, 6) is -0.738. The fourth-order valence-corrected chi connectivity index (χ4v) is 10.6. The van der Waals surface area contributed by atoms with Gasteiger partial charge in [-0.05, 0) is 51.7 Å². The molecule has 1 aliphatic rings. The first-order valence-corrected chi connectivity index (χ1v) is 16.1. The van der Waals surface area contributed by atoms with Crippen LogP contribution < -0.4 is 0 Å². The van der Waals surface area contributed by atoms with E-state index in [4.69, 9.17) is 19.6 Å². The molecule has 0 spiro atoms. The van der Waals surface area contributed by atoms with Gasteiger partial charge < -0.3 is 0 Å². The molecule has 0 aromatic carbocycles. The molecule has 0 amide bonds. The van der Waals surface area contributed by atoms with Gasteiger partial charge in [0.15, 0.2) is 0 Å². The van der Waals surface area contributed by atoms with Gasteiger partial charge in [0.1, 0.15) is 0 Å². The fraction of sp³-hybridized carbons (Fsp3) is 1.00. The first-order valence-electron chi connectivity index (χ1n) is 9.62. The first-order chi connectivity index (χ1) is 10.9. The van der Waals surface area contributed by atoms with E-state index >= 15 is 0 Å². The second-order valence-electron chi connectivity index (χ2n) is 9.54. The number of hydrogen-bond donors (Lipinski definition) is 0. The van der Waals surface area contributed by atoms with E-state index in [1.807, 2.05) is 41.5 Å². The Balaban J connectivity index is 3.07. The van der Waals surface area contributed by atoms with Gasteiger partial charge in [0, 0.05) is 41.4 Å². The summed E-state index contributed by atoms with van der Waals surface area (Å²) in [4.78, 5) is 23.6. The van der Waals surface area contributed by atoms with Crippen LogP contribution in [-0.4, -0.2) is 45.5 Å². The van der Waals surface area contributed by atoms with E-state index in [0.717, 1.165) is 18.4 Å². The van der Waals surface area contributed by atoms with Crippen LogP contribution in [-0.2, 0) is 19.6 Å². The van der Waals surface area contributed by atoms with Gasteiger partial charge in [-0.15, -0.1) is 0 Å². The van der Waals surface area contributed by atoms with Gasteiger partial charge in [0.25, 0.3) is 0 Å². The monoisotopic (exact) mass is 392 g/mol. The third-order valence-electron chi connectivity index (χ3n) is 4.93. The standard InChI is InChI=1S/C17H40O4Si3/c1-14(2,3)18-20-16(21-19-15(4,5)6)10-13(22-7)11-17(12-16,23-8)24-9/h13H,10-12,22-24H2,1-9H3. The molecule has 24 heavy (non-hydrogen) atoms. The quantitative estimate of drug-likeness (QED) is 0.289. The Kier molecular flexibility index (Phi) is 7.94. The molecule has 1 fully saturated rings. The van der Waals surface area contributed by atoms with Crippen LogP contribution >= 0.6 is 0 Å². The molecule has 4 nitrogen and oxygen atoms in total. The lowest BCUT2D eigenvalue weighted by atomic mass is 9.92. The lowest BCUT2D eigenvalue weighted by Crippen LogP contribution is -2.50. The highest BCUT2D eigenvalue weighted by Gasteiger charge is 2.51. The Morgan fingerprint density at radius 2 is 1.25 bits per heavy atom. The van der Waals surface area contributed by atoms with Crippen LogP contribution in [0.25, 0.3) is 0 Å². The van der Waals surface area contributed by atoms with E-state index < -0.39 is 5.79 Å². The molecule has 0 heterocycles. The van der Waals surface area contributed by atoms with E-state index in [0.29, 0.717) is 4.66 Å². The van der Waals surface area contributed by atoms with Gasteiger partial charge in [-0.3, -0.25) is 0 Å². The molecule has 0 aromatic rings. The van der Waals surface area contributed by atoms with Crippen molar-refractivity contribution in [3.63, 3.8) is 0 Å². The molecule has 0 N–H and O–H groups in total. The Labute approximate surface area is 156 Å². The van der Waals surface area contributed by atoms with Crippen LogP contribution in [0.5, 0.6) is 0 Å². The van der Waals surface area contributed by atoms with E-state index in [1.54, 1.807) is 0 Å². The first kappa shape index (κ1) is 22.5. The van der Waals surface area contributed by atoms with Crippen LogP contribution in [0.15, 0.2) is 0 Å². The van der Waals surface area contributed by atoms with Crippen LogP contribution in [0.4, 0.5) is 0 Å². The van der Waals surface area contributed by atoms with Gasteiger partial charge in [0.05, 0.1) is 11.2 Å². The molecule has 1 aliphatic carbocycles. The minimum absolute atomic E-state index is 0.117. The van der Waals surface area contributed by atoms with E-state index in [1.165, 1.54) is 6.42 Å². The summed E-state index contributed by atoms with van der Waals surface area (Å²) in [5, 5.41) is 0. The van der Waals surface area contributed by atoms with Crippen LogP contribution in [0.1, 0.15) is 60.8 Å². The summed E-state index contributed by atoms with van der Waals surface area (Å²) in [6, 6.07) is 0. The molecule has 0 saturated heterocycles. The third-order valence-corrected chi connectivity index (χ3v) is 13.7. The van der Waals surface area contributed by atoms with Gasteiger partial charge >= 0.3 is 0 Å². The molecule has 1 rings (SSSR count). The normalized spacial score (nSPS) is 29.6. The molecule has 7 heteroatoms. The highest BCUT2D eigenvalue weighted by atomic mass is 28.3. The topological polar surface area (TPSA) is 36.9 Å². The summed E-state index contributed by atoms with van der Waals surface area (Å²) in [6.45, 7) is 19.4. The molecule has 0 aromatic heterocycles. The highest BCUT2D eigenvalue weighted by molar-refractivity contribution is 6.61. The molecule has 1 saturated carbocycles. The Bertz CT molecular complexity index is 368. The minimum Gasteiger partial charge on any atom is -0.228 e. The second kappa shape index (κ2) is 8.45. The van der Waals surface area contributed by atoms with E-state index in [-0.39, 0.29) is 39.8 Å². The maximum atomic E-state index is 6.04. The Morgan fingerprint density at radius 1 is 0.792 bits per heavy atom.